The Morgan fingerprint density at radius 3 is 2.88 bits per heavy atom. The Bertz CT molecular complexity index is 733. The van der Waals surface area contributed by atoms with Gasteiger partial charge in [-0.15, -0.1) is 0 Å². The molecule has 3 N–H and O–H groups in total. The topological polar surface area (TPSA) is 114 Å². The molecular weight excluding hydrogens is 355 g/mol. The number of aliphatic hydroxyl groups is 1. The van der Waals surface area contributed by atoms with Crippen LogP contribution in [-0.4, -0.2) is 44.5 Å². The monoisotopic (exact) mass is 378 g/mol. The first kappa shape index (κ1) is 19.5. The van der Waals surface area contributed by atoms with Gasteiger partial charge in [-0.3, -0.25) is 14.3 Å². The third kappa shape index (κ3) is 4.62. The number of hydrogen-bond donors (Lipinski definition) is 3. The summed E-state index contributed by atoms with van der Waals surface area (Å²) >= 11 is 5.16. The highest BCUT2D eigenvalue weighted by Gasteiger charge is 2.39. The van der Waals surface area contributed by atoms with E-state index in [9.17, 15) is 19.6 Å². The van der Waals surface area contributed by atoms with Crippen molar-refractivity contribution in [2.75, 3.05) is 12.8 Å². The second kappa shape index (κ2) is 8.03. The molecule has 1 fully saturated rings. The van der Waals surface area contributed by atoms with E-state index in [4.69, 9.17) is 21.1 Å². The van der Waals surface area contributed by atoms with Crippen molar-refractivity contribution >= 4 is 18.3 Å². The number of hydrogen-bond acceptors (Lipinski definition) is 6. The fraction of sp³-hybridized carbons (Fsp3) is 0.714. The van der Waals surface area contributed by atoms with E-state index in [2.05, 4.69) is 4.98 Å². The van der Waals surface area contributed by atoms with Gasteiger partial charge >= 0.3 is 5.69 Å². The molecule has 0 aromatic carbocycles. The lowest BCUT2D eigenvalue weighted by atomic mass is 10.2. The summed E-state index contributed by atoms with van der Waals surface area (Å²) in [6.45, 7) is 0.297. The molecule has 1 unspecified atom stereocenters. The van der Waals surface area contributed by atoms with Gasteiger partial charge < -0.3 is 19.3 Å². The van der Waals surface area contributed by atoms with Crippen LogP contribution < -0.4 is 11.2 Å². The van der Waals surface area contributed by atoms with Crippen LogP contribution in [0.5, 0.6) is 0 Å². The summed E-state index contributed by atoms with van der Waals surface area (Å²) in [5, 5.41) is 9.49. The number of rotatable bonds is 7. The van der Waals surface area contributed by atoms with E-state index in [1.165, 1.54) is 10.8 Å². The van der Waals surface area contributed by atoms with Crippen LogP contribution >= 0.6 is 6.49 Å². The summed E-state index contributed by atoms with van der Waals surface area (Å²) in [4.78, 5) is 35.9. The molecule has 24 heavy (non-hydrogen) atoms. The van der Waals surface area contributed by atoms with Gasteiger partial charge in [-0.05, 0) is 25.2 Å². The van der Waals surface area contributed by atoms with Crippen molar-refractivity contribution in [3.8, 4) is 0 Å². The SMILES string of the molecule is CCCCP(O)(=S)O[C@H]1C[C@H](n2cc(C)c(=O)[nH]c2=O)O[C@@H]1CO. The molecule has 0 aliphatic carbocycles. The maximum atomic E-state index is 12.0. The Morgan fingerprint density at radius 2 is 2.25 bits per heavy atom. The van der Waals surface area contributed by atoms with Crippen LogP contribution in [0, 0.1) is 6.92 Å². The van der Waals surface area contributed by atoms with Crippen molar-refractivity contribution in [1.82, 2.24) is 9.55 Å². The minimum absolute atomic E-state index is 0.252. The van der Waals surface area contributed by atoms with Gasteiger partial charge in [-0.1, -0.05) is 13.3 Å². The molecule has 10 heteroatoms. The number of aliphatic hydroxyl groups excluding tert-OH is 1. The Hall–Kier alpha value is -0.830. The van der Waals surface area contributed by atoms with Crippen LogP contribution in [0.4, 0.5) is 0 Å². The molecule has 8 nitrogen and oxygen atoms in total. The molecule has 0 saturated carbocycles. The van der Waals surface area contributed by atoms with Gasteiger partial charge in [0.2, 0.25) is 0 Å². The Balaban J connectivity index is 2.17. The largest absolute Gasteiger partial charge is 0.394 e. The summed E-state index contributed by atoms with van der Waals surface area (Å²) in [5.74, 6) is 0. The number of H-pyrrole nitrogens is 1. The lowest BCUT2D eigenvalue weighted by Gasteiger charge is -2.22. The summed E-state index contributed by atoms with van der Waals surface area (Å²) in [5.41, 5.74) is -0.674. The van der Waals surface area contributed by atoms with E-state index in [1.54, 1.807) is 6.92 Å². The summed E-state index contributed by atoms with van der Waals surface area (Å²) in [6.07, 6.45) is 1.72. The molecule has 1 aliphatic heterocycles. The standard InChI is InChI=1S/C14H23N2O6PS/c1-3-4-5-23(20,24)22-10-6-12(21-11(10)8-17)16-7-9(2)13(18)15-14(16)19/h7,10-12,17H,3-6,8H2,1-2H3,(H,20,24)(H,15,18,19)/t10-,11+,12+,23?/m0/s1. The van der Waals surface area contributed by atoms with Crippen LogP contribution in [-0.2, 0) is 21.1 Å². The van der Waals surface area contributed by atoms with E-state index in [1.807, 2.05) is 6.92 Å². The first-order chi connectivity index (χ1) is 11.3. The molecule has 2 rings (SSSR count). The molecule has 1 aromatic rings. The van der Waals surface area contributed by atoms with E-state index in [-0.39, 0.29) is 13.0 Å². The Morgan fingerprint density at radius 1 is 1.54 bits per heavy atom. The fourth-order valence-corrected chi connectivity index (χ4v) is 4.75. The molecular formula is C14H23N2O6PS. The zero-order valence-electron chi connectivity index (χ0n) is 13.7. The van der Waals surface area contributed by atoms with Gasteiger partial charge in [-0.2, -0.15) is 0 Å². The van der Waals surface area contributed by atoms with Crippen molar-refractivity contribution in [3.63, 3.8) is 0 Å². The molecule has 0 bridgehead atoms. The van der Waals surface area contributed by atoms with Crippen LogP contribution in [0.3, 0.4) is 0 Å². The minimum atomic E-state index is -2.96. The van der Waals surface area contributed by atoms with Crippen LogP contribution in [0.2, 0.25) is 0 Å². The summed E-state index contributed by atoms with van der Waals surface area (Å²) < 4.78 is 12.6. The van der Waals surface area contributed by atoms with E-state index < -0.39 is 36.2 Å². The molecule has 4 atom stereocenters. The van der Waals surface area contributed by atoms with Crippen LogP contribution in [0.25, 0.3) is 0 Å². The van der Waals surface area contributed by atoms with Crippen LogP contribution in [0.15, 0.2) is 15.8 Å². The van der Waals surface area contributed by atoms with Gasteiger partial charge in [0.25, 0.3) is 5.56 Å². The van der Waals surface area contributed by atoms with Crippen molar-refractivity contribution < 1.29 is 19.3 Å². The molecule has 1 aromatic heterocycles. The highest BCUT2D eigenvalue weighted by atomic mass is 32.5. The predicted molar refractivity (Wildman–Crippen MR) is 92.8 cm³/mol. The van der Waals surface area contributed by atoms with Gasteiger partial charge in [0.05, 0.1) is 12.7 Å². The first-order valence-electron chi connectivity index (χ1n) is 7.86. The van der Waals surface area contributed by atoms with Gasteiger partial charge in [0, 0.05) is 24.3 Å². The fourth-order valence-electron chi connectivity index (χ4n) is 2.57. The Kier molecular flexibility index (Phi) is 6.52. The molecule has 1 saturated heterocycles. The lowest BCUT2D eigenvalue weighted by molar-refractivity contribution is -0.0421. The number of nitrogens with zero attached hydrogens (tertiary/aromatic N) is 1. The zero-order valence-corrected chi connectivity index (χ0v) is 15.4. The number of nitrogens with one attached hydrogen (secondary N) is 1. The maximum absolute atomic E-state index is 12.0. The summed E-state index contributed by atoms with van der Waals surface area (Å²) in [6, 6.07) is 0. The third-order valence-corrected chi connectivity index (χ3v) is 6.20. The maximum Gasteiger partial charge on any atom is 0.330 e. The highest BCUT2D eigenvalue weighted by Crippen LogP contribution is 2.48. The number of aromatic amines is 1. The van der Waals surface area contributed by atoms with E-state index in [0.29, 0.717) is 11.7 Å². The average molecular weight is 378 g/mol. The lowest BCUT2D eigenvalue weighted by Crippen LogP contribution is -2.33. The normalized spacial score (nSPS) is 26.4. The quantitative estimate of drug-likeness (QED) is 0.596. The average Bonchev–Trinajstić information content (AvgIpc) is 2.90. The minimum Gasteiger partial charge on any atom is -0.394 e. The molecule has 0 amide bonds. The van der Waals surface area contributed by atoms with Gasteiger partial charge in [-0.25, -0.2) is 4.79 Å². The van der Waals surface area contributed by atoms with Gasteiger partial charge in [0.1, 0.15) is 12.3 Å². The summed E-state index contributed by atoms with van der Waals surface area (Å²) in [7, 11) is 0. The van der Waals surface area contributed by atoms with Crippen LogP contribution in [0.1, 0.15) is 38.0 Å². The molecule has 0 radical (unpaired) electrons. The number of aromatic nitrogens is 2. The van der Waals surface area contributed by atoms with Crippen molar-refractivity contribution in [3.05, 3.63) is 32.6 Å². The predicted octanol–water partition coefficient (Wildman–Crippen LogP) is 0.612. The van der Waals surface area contributed by atoms with E-state index in [0.717, 1.165) is 12.8 Å². The smallest absolute Gasteiger partial charge is 0.330 e. The first-order valence-corrected chi connectivity index (χ1v) is 10.7. The second-order valence-corrected chi connectivity index (χ2v) is 9.53. The molecule has 1 aliphatic rings. The number of aryl methyl sites for hydroxylation is 1. The van der Waals surface area contributed by atoms with Crippen molar-refractivity contribution in [1.29, 1.82) is 0 Å². The molecule has 136 valence electrons. The Labute approximate surface area is 144 Å². The number of unbranched alkanes of at least 4 members (excludes halogenated alkanes) is 1. The molecule has 2 heterocycles. The molecule has 0 spiro atoms. The van der Waals surface area contributed by atoms with E-state index >= 15 is 0 Å². The highest BCUT2D eigenvalue weighted by molar-refractivity contribution is 8.09. The van der Waals surface area contributed by atoms with Crippen molar-refractivity contribution in [2.45, 2.75) is 51.5 Å². The third-order valence-electron chi connectivity index (χ3n) is 3.91. The second-order valence-electron chi connectivity index (χ2n) is 5.88. The van der Waals surface area contributed by atoms with Crippen molar-refractivity contribution in [2.24, 2.45) is 0 Å². The van der Waals surface area contributed by atoms with Gasteiger partial charge in [0.15, 0.2) is 6.49 Å². The zero-order chi connectivity index (χ0) is 17.9. The number of ether oxygens (including phenoxy) is 1.